The SMILES string of the molecule is C[n+]1ccn(CCCO)c1.F[B-](F)(F)F. The van der Waals surface area contributed by atoms with Gasteiger partial charge in [-0.3, -0.25) is 0 Å². The first-order chi connectivity index (χ1) is 6.83. The van der Waals surface area contributed by atoms with Gasteiger partial charge in [-0.25, -0.2) is 9.13 Å². The van der Waals surface area contributed by atoms with E-state index in [9.17, 15) is 17.3 Å². The van der Waals surface area contributed by atoms with Gasteiger partial charge >= 0.3 is 7.25 Å². The van der Waals surface area contributed by atoms with Crippen LogP contribution in [0.3, 0.4) is 0 Å². The monoisotopic (exact) mass is 228 g/mol. The third-order valence-corrected chi connectivity index (χ3v) is 1.40. The van der Waals surface area contributed by atoms with E-state index < -0.39 is 7.25 Å². The first-order valence-electron chi connectivity index (χ1n) is 4.32. The first-order valence-corrected chi connectivity index (χ1v) is 4.32. The van der Waals surface area contributed by atoms with Crippen molar-refractivity contribution in [2.75, 3.05) is 6.61 Å². The fraction of sp³-hybridized carbons (Fsp3) is 0.571. The molecule has 1 N–H and O–H groups in total. The van der Waals surface area contributed by atoms with Gasteiger partial charge in [0.15, 0.2) is 0 Å². The predicted molar refractivity (Wildman–Crippen MR) is 47.5 cm³/mol. The summed E-state index contributed by atoms with van der Waals surface area (Å²) in [5, 5.41) is 8.51. The topological polar surface area (TPSA) is 29.0 Å². The van der Waals surface area contributed by atoms with Gasteiger partial charge in [-0.15, -0.1) is 0 Å². The number of aliphatic hydroxyl groups is 1. The number of aryl methyl sites for hydroxylation is 2. The molecule has 88 valence electrons. The van der Waals surface area contributed by atoms with Crippen molar-refractivity contribution in [1.29, 1.82) is 0 Å². The molecule has 0 aliphatic carbocycles. The average Bonchev–Trinajstić information content (AvgIpc) is 2.45. The fourth-order valence-electron chi connectivity index (χ4n) is 0.887. The molecule has 15 heavy (non-hydrogen) atoms. The third-order valence-electron chi connectivity index (χ3n) is 1.40. The second kappa shape index (κ2) is 6.44. The summed E-state index contributed by atoms with van der Waals surface area (Å²) < 4.78 is 43.0. The maximum Gasteiger partial charge on any atom is 0.673 e. The van der Waals surface area contributed by atoms with Gasteiger partial charge < -0.3 is 22.4 Å². The lowest BCUT2D eigenvalue weighted by Gasteiger charge is -1.94. The van der Waals surface area contributed by atoms with Gasteiger partial charge in [-0.1, -0.05) is 0 Å². The van der Waals surface area contributed by atoms with Crippen LogP contribution in [0.1, 0.15) is 6.42 Å². The fourth-order valence-corrected chi connectivity index (χ4v) is 0.887. The molecule has 0 atom stereocenters. The van der Waals surface area contributed by atoms with Crippen LogP contribution in [-0.2, 0) is 13.6 Å². The van der Waals surface area contributed by atoms with E-state index in [0.29, 0.717) is 0 Å². The van der Waals surface area contributed by atoms with Crippen molar-refractivity contribution in [3.05, 3.63) is 18.7 Å². The number of imidazole rings is 1. The Hall–Kier alpha value is -1.05. The van der Waals surface area contributed by atoms with Crippen molar-refractivity contribution >= 4 is 7.25 Å². The van der Waals surface area contributed by atoms with Gasteiger partial charge in [0.05, 0.1) is 13.6 Å². The second-order valence-electron chi connectivity index (χ2n) is 2.89. The van der Waals surface area contributed by atoms with Gasteiger partial charge in [0.25, 0.3) is 0 Å². The van der Waals surface area contributed by atoms with Crippen LogP contribution in [0.4, 0.5) is 17.3 Å². The Kier molecular flexibility index (Phi) is 5.99. The lowest BCUT2D eigenvalue weighted by atomic mass is 10.3. The van der Waals surface area contributed by atoms with Crippen LogP contribution < -0.4 is 4.57 Å². The summed E-state index contributed by atoms with van der Waals surface area (Å²) in [5.74, 6) is 0. The predicted octanol–water partition coefficient (Wildman–Crippen LogP) is 0.995. The number of rotatable bonds is 3. The molecule has 0 saturated heterocycles. The van der Waals surface area contributed by atoms with E-state index in [-0.39, 0.29) is 6.61 Å². The summed E-state index contributed by atoms with van der Waals surface area (Å²) >= 11 is 0. The minimum absolute atomic E-state index is 0.266. The Labute approximate surface area is 85.1 Å². The van der Waals surface area contributed by atoms with Crippen LogP contribution >= 0.6 is 0 Å². The highest BCUT2D eigenvalue weighted by atomic mass is 19.5. The maximum absolute atomic E-state index is 9.75. The summed E-state index contributed by atoms with van der Waals surface area (Å²) in [7, 11) is -4.02. The summed E-state index contributed by atoms with van der Waals surface area (Å²) in [4.78, 5) is 0. The molecular weight excluding hydrogens is 215 g/mol. The molecule has 3 nitrogen and oxygen atoms in total. The molecule has 8 heteroatoms. The molecule has 1 aromatic heterocycles. The van der Waals surface area contributed by atoms with Crippen LogP contribution in [0.2, 0.25) is 0 Å². The van der Waals surface area contributed by atoms with Crippen molar-refractivity contribution < 1.29 is 26.9 Å². The number of aromatic nitrogens is 2. The van der Waals surface area contributed by atoms with Gasteiger partial charge in [0, 0.05) is 13.0 Å². The van der Waals surface area contributed by atoms with Gasteiger partial charge in [0.1, 0.15) is 12.4 Å². The van der Waals surface area contributed by atoms with E-state index >= 15 is 0 Å². The molecule has 0 aliphatic rings. The smallest absolute Gasteiger partial charge is 0.418 e. The highest BCUT2D eigenvalue weighted by molar-refractivity contribution is 6.50. The Bertz CT molecular complexity index is 270. The average molecular weight is 228 g/mol. The minimum atomic E-state index is -6.00. The standard InChI is InChI=1S/C7H13N2O.BF4/c1-8-4-5-9(7-8)3-2-6-10;2-1(3,4)5/h4-5,7,10H,2-3,6H2,1H3;/q+1;-1. The van der Waals surface area contributed by atoms with Crippen molar-refractivity contribution in [2.45, 2.75) is 13.0 Å². The molecule has 0 radical (unpaired) electrons. The molecule has 0 amide bonds. The number of hydrogen-bond acceptors (Lipinski definition) is 1. The number of hydrogen-bond donors (Lipinski definition) is 1. The van der Waals surface area contributed by atoms with Gasteiger partial charge in [-0.2, -0.15) is 0 Å². The number of halogens is 4. The Balaban J connectivity index is 0.000000336. The van der Waals surface area contributed by atoms with Crippen LogP contribution in [0.25, 0.3) is 0 Å². The normalized spacial score (nSPS) is 10.8. The molecule has 0 saturated carbocycles. The van der Waals surface area contributed by atoms with Crippen LogP contribution in [0, 0.1) is 0 Å². The summed E-state index contributed by atoms with van der Waals surface area (Å²) in [6.07, 6.45) is 6.80. The summed E-state index contributed by atoms with van der Waals surface area (Å²) in [6, 6.07) is 0. The highest BCUT2D eigenvalue weighted by Crippen LogP contribution is 2.06. The van der Waals surface area contributed by atoms with Crippen molar-refractivity contribution in [1.82, 2.24) is 4.57 Å². The van der Waals surface area contributed by atoms with Gasteiger partial charge in [0.2, 0.25) is 6.33 Å². The molecule has 0 aromatic carbocycles. The van der Waals surface area contributed by atoms with E-state index in [0.717, 1.165) is 13.0 Å². The van der Waals surface area contributed by atoms with E-state index in [1.165, 1.54) is 0 Å². The van der Waals surface area contributed by atoms with Crippen molar-refractivity contribution in [2.24, 2.45) is 7.05 Å². The maximum atomic E-state index is 9.75. The number of aliphatic hydroxyl groups excluding tert-OH is 1. The zero-order valence-corrected chi connectivity index (χ0v) is 8.28. The van der Waals surface area contributed by atoms with E-state index in [1.54, 1.807) is 0 Å². The Morgan fingerprint density at radius 2 is 1.87 bits per heavy atom. The first kappa shape index (κ1) is 14.0. The summed E-state index contributed by atoms with van der Waals surface area (Å²) in [6.45, 7) is 1.17. The molecule has 0 spiro atoms. The van der Waals surface area contributed by atoms with E-state index in [1.807, 2.05) is 30.3 Å². The largest absolute Gasteiger partial charge is 0.673 e. The molecule has 0 bridgehead atoms. The van der Waals surface area contributed by atoms with Crippen LogP contribution in [0.15, 0.2) is 18.7 Å². The molecule has 1 heterocycles. The third kappa shape index (κ3) is 10.9. The molecule has 0 aliphatic heterocycles. The van der Waals surface area contributed by atoms with Crippen molar-refractivity contribution in [3.8, 4) is 0 Å². The van der Waals surface area contributed by atoms with E-state index in [2.05, 4.69) is 4.57 Å². The molecule has 0 unspecified atom stereocenters. The zero-order chi connectivity index (χ0) is 11.9. The quantitative estimate of drug-likeness (QED) is 0.466. The van der Waals surface area contributed by atoms with Crippen LogP contribution in [0.5, 0.6) is 0 Å². The molecule has 1 rings (SSSR count). The molecular formula is C7H13BF4N2O. The Morgan fingerprint density at radius 1 is 1.33 bits per heavy atom. The molecule has 0 fully saturated rings. The Morgan fingerprint density at radius 3 is 2.20 bits per heavy atom. The van der Waals surface area contributed by atoms with Gasteiger partial charge in [-0.05, 0) is 0 Å². The second-order valence-corrected chi connectivity index (χ2v) is 2.89. The minimum Gasteiger partial charge on any atom is -0.418 e. The highest BCUT2D eigenvalue weighted by Gasteiger charge is 2.20. The lowest BCUT2D eigenvalue weighted by Crippen LogP contribution is -2.23. The van der Waals surface area contributed by atoms with E-state index in [4.69, 9.17) is 5.11 Å². The molecule has 1 aromatic rings. The summed E-state index contributed by atoms with van der Waals surface area (Å²) in [5.41, 5.74) is 0. The lowest BCUT2D eigenvalue weighted by molar-refractivity contribution is -0.671. The van der Waals surface area contributed by atoms with Crippen molar-refractivity contribution in [3.63, 3.8) is 0 Å². The number of nitrogens with zero attached hydrogens (tertiary/aromatic N) is 2. The zero-order valence-electron chi connectivity index (χ0n) is 8.28. The van der Waals surface area contributed by atoms with Crippen LogP contribution in [-0.4, -0.2) is 23.5 Å².